The van der Waals surface area contributed by atoms with Gasteiger partial charge in [0.05, 0.1) is 11.8 Å². The van der Waals surface area contributed by atoms with Crippen LogP contribution in [0.2, 0.25) is 0 Å². The highest BCUT2D eigenvalue weighted by Gasteiger charge is 2.28. The van der Waals surface area contributed by atoms with Crippen LogP contribution in [0.4, 0.5) is 5.82 Å². The van der Waals surface area contributed by atoms with Gasteiger partial charge in [-0.1, -0.05) is 6.92 Å². The number of aliphatic hydroxyl groups excluding tert-OH is 1. The average Bonchev–Trinajstić information content (AvgIpc) is 2.96. The van der Waals surface area contributed by atoms with E-state index in [0.29, 0.717) is 6.04 Å². The zero-order valence-electron chi connectivity index (χ0n) is 16.3. The van der Waals surface area contributed by atoms with Crippen LogP contribution < -0.4 is 4.90 Å². The molecule has 2 saturated heterocycles. The van der Waals surface area contributed by atoms with Crippen molar-refractivity contribution in [2.75, 3.05) is 31.1 Å². The molecule has 0 bridgehead atoms. The summed E-state index contributed by atoms with van der Waals surface area (Å²) in [4.78, 5) is 9.88. The number of piperidine rings is 2. The molecule has 0 aliphatic carbocycles. The Balaban J connectivity index is 1.53. The Labute approximate surface area is 155 Å². The lowest BCUT2D eigenvalue weighted by atomic mass is 9.99. The van der Waals surface area contributed by atoms with E-state index in [2.05, 4.69) is 36.6 Å². The number of fused-ring (bicyclic) bond motifs is 1. The van der Waals surface area contributed by atoms with E-state index in [-0.39, 0.29) is 6.10 Å². The van der Waals surface area contributed by atoms with Crippen LogP contribution in [0.25, 0.3) is 5.65 Å². The van der Waals surface area contributed by atoms with E-state index in [4.69, 9.17) is 10.1 Å². The monoisotopic (exact) mass is 357 g/mol. The minimum Gasteiger partial charge on any atom is -0.393 e. The van der Waals surface area contributed by atoms with Gasteiger partial charge in [-0.3, -0.25) is 0 Å². The summed E-state index contributed by atoms with van der Waals surface area (Å²) in [5, 5.41) is 14.5. The third-order valence-electron chi connectivity index (χ3n) is 6.26. The maximum absolute atomic E-state index is 9.74. The lowest BCUT2D eigenvalue weighted by Gasteiger charge is -2.41. The molecular formula is C20H31N5O. The number of hydrogen-bond acceptors (Lipinski definition) is 5. The minimum absolute atomic E-state index is 0.0878. The first-order valence-corrected chi connectivity index (χ1v) is 10.1. The Morgan fingerprint density at radius 2 is 1.77 bits per heavy atom. The van der Waals surface area contributed by atoms with Crippen molar-refractivity contribution in [3.63, 3.8) is 0 Å². The quantitative estimate of drug-likeness (QED) is 0.914. The fourth-order valence-corrected chi connectivity index (χ4v) is 4.38. The third kappa shape index (κ3) is 3.21. The largest absolute Gasteiger partial charge is 0.393 e. The van der Waals surface area contributed by atoms with E-state index in [9.17, 15) is 5.11 Å². The number of anilines is 1. The van der Waals surface area contributed by atoms with Gasteiger partial charge >= 0.3 is 0 Å². The van der Waals surface area contributed by atoms with Crippen molar-refractivity contribution in [3.05, 3.63) is 23.0 Å². The van der Waals surface area contributed by atoms with E-state index in [1.807, 2.05) is 4.52 Å². The fourth-order valence-electron chi connectivity index (χ4n) is 4.38. The van der Waals surface area contributed by atoms with Gasteiger partial charge in [-0.2, -0.15) is 9.61 Å². The van der Waals surface area contributed by atoms with Crippen LogP contribution in [0, 0.1) is 13.8 Å². The van der Waals surface area contributed by atoms with Crippen LogP contribution in [-0.2, 0) is 6.42 Å². The highest BCUT2D eigenvalue weighted by molar-refractivity contribution is 5.57. The zero-order valence-corrected chi connectivity index (χ0v) is 16.3. The minimum atomic E-state index is -0.0878. The van der Waals surface area contributed by atoms with Gasteiger partial charge < -0.3 is 14.9 Å². The molecule has 1 N–H and O–H groups in total. The molecule has 0 aromatic carbocycles. The fraction of sp³-hybridized carbons (Fsp3) is 0.700. The van der Waals surface area contributed by atoms with Crippen LogP contribution in [0.3, 0.4) is 0 Å². The molecule has 0 atom stereocenters. The molecule has 2 aliphatic rings. The van der Waals surface area contributed by atoms with Crippen molar-refractivity contribution < 1.29 is 5.11 Å². The standard InChI is InChI=1S/C20H31N5O/c1-4-16-13-19(25-20(21-16)14(2)15(3)22-25)24-9-5-17(6-10-24)23-11-7-18(26)8-12-23/h13,17-18,26H,4-12H2,1-3H3. The summed E-state index contributed by atoms with van der Waals surface area (Å²) in [6.45, 7) is 10.6. The summed E-state index contributed by atoms with van der Waals surface area (Å²) in [5.74, 6) is 1.19. The van der Waals surface area contributed by atoms with Crippen LogP contribution in [0.5, 0.6) is 0 Å². The highest BCUT2D eigenvalue weighted by Crippen LogP contribution is 2.27. The topological polar surface area (TPSA) is 56.9 Å². The zero-order chi connectivity index (χ0) is 18.3. The first-order valence-electron chi connectivity index (χ1n) is 10.1. The summed E-state index contributed by atoms with van der Waals surface area (Å²) in [6.07, 6.45) is 5.07. The summed E-state index contributed by atoms with van der Waals surface area (Å²) >= 11 is 0. The molecule has 6 nitrogen and oxygen atoms in total. The molecule has 0 unspecified atom stereocenters. The number of nitrogens with zero attached hydrogens (tertiary/aromatic N) is 5. The van der Waals surface area contributed by atoms with Crippen molar-refractivity contribution in [3.8, 4) is 0 Å². The van der Waals surface area contributed by atoms with Crippen molar-refractivity contribution >= 4 is 11.5 Å². The Hall–Kier alpha value is -1.66. The number of hydrogen-bond donors (Lipinski definition) is 1. The molecule has 0 radical (unpaired) electrons. The van der Waals surface area contributed by atoms with Gasteiger partial charge in [-0.15, -0.1) is 0 Å². The number of aryl methyl sites for hydroxylation is 3. The van der Waals surface area contributed by atoms with E-state index >= 15 is 0 Å². The van der Waals surface area contributed by atoms with Crippen molar-refractivity contribution in [2.24, 2.45) is 0 Å². The van der Waals surface area contributed by atoms with Gasteiger partial charge in [-0.05, 0) is 46.0 Å². The molecule has 4 rings (SSSR count). The molecule has 6 heteroatoms. The van der Waals surface area contributed by atoms with Gasteiger partial charge in [0.2, 0.25) is 0 Å². The molecule has 142 valence electrons. The van der Waals surface area contributed by atoms with E-state index in [0.717, 1.165) is 62.5 Å². The molecular weight excluding hydrogens is 326 g/mol. The van der Waals surface area contributed by atoms with Gasteiger partial charge in [0, 0.05) is 49.5 Å². The maximum Gasteiger partial charge on any atom is 0.160 e. The smallest absolute Gasteiger partial charge is 0.160 e. The van der Waals surface area contributed by atoms with Crippen LogP contribution in [0.1, 0.15) is 49.6 Å². The summed E-state index contributed by atoms with van der Waals surface area (Å²) < 4.78 is 2.04. The van der Waals surface area contributed by atoms with Crippen molar-refractivity contribution in [1.82, 2.24) is 19.5 Å². The number of aliphatic hydroxyl groups is 1. The van der Waals surface area contributed by atoms with Gasteiger partial charge in [-0.25, -0.2) is 4.98 Å². The summed E-state index contributed by atoms with van der Waals surface area (Å²) in [5.41, 5.74) is 4.39. The third-order valence-corrected chi connectivity index (χ3v) is 6.26. The molecule has 0 amide bonds. The molecule has 2 aromatic rings. The first kappa shape index (κ1) is 17.7. The molecule has 2 aliphatic heterocycles. The summed E-state index contributed by atoms with van der Waals surface area (Å²) in [6, 6.07) is 2.87. The second-order valence-electron chi connectivity index (χ2n) is 7.89. The van der Waals surface area contributed by atoms with Gasteiger partial charge in [0.15, 0.2) is 5.65 Å². The lowest BCUT2D eigenvalue weighted by molar-refractivity contribution is 0.0541. The van der Waals surface area contributed by atoms with Crippen molar-refractivity contribution in [1.29, 1.82) is 0 Å². The molecule has 2 aromatic heterocycles. The van der Waals surface area contributed by atoms with E-state index in [1.165, 1.54) is 24.2 Å². The Kier molecular flexibility index (Phi) is 4.88. The Morgan fingerprint density at radius 1 is 1.08 bits per heavy atom. The molecule has 0 saturated carbocycles. The van der Waals surface area contributed by atoms with E-state index < -0.39 is 0 Å². The van der Waals surface area contributed by atoms with Crippen LogP contribution >= 0.6 is 0 Å². The average molecular weight is 358 g/mol. The normalized spacial score (nSPS) is 21.0. The number of rotatable bonds is 3. The molecule has 4 heterocycles. The van der Waals surface area contributed by atoms with Crippen molar-refractivity contribution in [2.45, 2.75) is 65.0 Å². The lowest BCUT2D eigenvalue weighted by Crippen LogP contribution is -2.48. The molecule has 26 heavy (non-hydrogen) atoms. The summed E-state index contributed by atoms with van der Waals surface area (Å²) in [7, 11) is 0. The SMILES string of the molecule is CCc1cc(N2CCC(N3CCC(O)CC3)CC2)n2nc(C)c(C)c2n1. The first-order chi connectivity index (χ1) is 12.6. The predicted molar refractivity (Wildman–Crippen MR) is 104 cm³/mol. The van der Waals surface area contributed by atoms with Gasteiger partial charge in [0.25, 0.3) is 0 Å². The van der Waals surface area contributed by atoms with Crippen LogP contribution in [-0.4, -0.2) is 62.9 Å². The van der Waals surface area contributed by atoms with E-state index in [1.54, 1.807) is 0 Å². The predicted octanol–water partition coefficient (Wildman–Crippen LogP) is 2.33. The van der Waals surface area contributed by atoms with Crippen LogP contribution in [0.15, 0.2) is 6.07 Å². The number of aromatic nitrogens is 3. The van der Waals surface area contributed by atoms with Gasteiger partial charge in [0.1, 0.15) is 5.82 Å². The Bertz CT molecular complexity index is 770. The Morgan fingerprint density at radius 3 is 2.42 bits per heavy atom. The second kappa shape index (κ2) is 7.16. The molecule has 2 fully saturated rings. The second-order valence-corrected chi connectivity index (χ2v) is 7.89. The maximum atomic E-state index is 9.74. The highest BCUT2D eigenvalue weighted by atomic mass is 16.3. The molecule has 0 spiro atoms. The number of likely N-dealkylation sites (tertiary alicyclic amines) is 1.